The molecule has 0 bridgehead atoms. The molecular weight excluding hydrogens is 352 g/mol. The topological polar surface area (TPSA) is 84.4 Å². The molecule has 3 aromatic heterocycles. The first-order valence-electron chi connectivity index (χ1n) is 9.15. The van der Waals surface area contributed by atoms with E-state index in [0.717, 1.165) is 41.6 Å². The highest BCUT2D eigenvalue weighted by Crippen LogP contribution is 2.07. The summed E-state index contributed by atoms with van der Waals surface area (Å²) in [4.78, 5) is 4.27. The largest absolute Gasteiger partial charge is 0.356 e. The third kappa shape index (κ3) is 4.01. The number of pyridine rings is 1. The summed E-state index contributed by atoms with van der Waals surface area (Å²) in [6, 6.07) is 15.9. The highest BCUT2D eigenvalue weighted by molar-refractivity contribution is 5.79. The van der Waals surface area contributed by atoms with Crippen LogP contribution in [0.3, 0.4) is 0 Å². The van der Waals surface area contributed by atoms with E-state index in [4.69, 9.17) is 0 Å². The lowest BCUT2D eigenvalue weighted by atomic mass is 10.2. The van der Waals surface area contributed by atoms with E-state index >= 15 is 0 Å². The van der Waals surface area contributed by atoms with Crippen molar-refractivity contribution in [1.29, 1.82) is 0 Å². The zero-order valence-electron chi connectivity index (χ0n) is 15.7. The molecule has 0 fully saturated rings. The molecule has 3 heterocycles. The van der Waals surface area contributed by atoms with Crippen molar-refractivity contribution in [3.8, 4) is 5.69 Å². The summed E-state index contributed by atoms with van der Waals surface area (Å²) >= 11 is 0. The van der Waals surface area contributed by atoms with Crippen molar-refractivity contribution in [3.63, 3.8) is 0 Å². The molecule has 1 aromatic carbocycles. The molecule has 4 aromatic rings. The smallest absolute Gasteiger partial charge is 0.191 e. The molecule has 0 radical (unpaired) electrons. The average Bonchev–Trinajstić information content (AvgIpc) is 3.38. The van der Waals surface area contributed by atoms with Crippen molar-refractivity contribution < 1.29 is 0 Å². The van der Waals surface area contributed by atoms with E-state index in [9.17, 15) is 0 Å². The Morgan fingerprint density at radius 3 is 2.75 bits per heavy atom. The lowest BCUT2D eigenvalue weighted by Gasteiger charge is -2.10. The average molecular weight is 374 g/mol. The van der Waals surface area contributed by atoms with Gasteiger partial charge in [-0.2, -0.15) is 5.10 Å². The quantitative estimate of drug-likeness (QED) is 0.397. The van der Waals surface area contributed by atoms with Crippen LogP contribution in [0.5, 0.6) is 0 Å². The fraction of sp³-hybridized carbons (Fsp3) is 0.200. The van der Waals surface area contributed by atoms with E-state index in [1.165, 1.54) is 0 Å². The van der Waals surface area contributed by atoms with Gasteiger partial charge in [-0.3, -0.25) is 9.39 Å². The maximum absolute atomic E-state index is 4.43. The van der Waals surface area contributed by atoms with Crippen LogP contribution in [0.25, 0.3) is 11.3 Å². The number of hydrogen-bond acceptors (Lipinski definition) is 4. The molecule has 28 heavy (non-hydrogen) atoms. The number of aromatic nitrogens is 5. The number of nitrogens with zero attached hydrogens (tertiary/aromatic N) is 6. The lowest BCUT2D eigenvalue weighted by molar-refractivity contribution is 0.757. The normalized spacial score (nSPS) is 11.7. The van der Waals surface area contributed by atoms with E-state index in [1.807, 2.05) is 70.0 Å². The molecule has 8 nitrogen and oxygen atoms in total. The second kappa shape index (κ2) is 8.34. The summed E-state index contributed by atoms with van der Waals surface area (Å²) in [5.74, 6) is 1.56. The van der Waals surface area contributed by atoms with Gasteiger partial charge in [0.1, 0.15) is 0 Å². The monoisotopic (exact) mass is 374 g/mol. The van der Waals surface area contributed by atoms with Gasteiger partial charge in [-0.15, -0.1) is 10.2 Å². The van der Waals surface area contributed by atoms with Gasteiger partial charge in [0.05, 0.1) is 18.4 Å². The number of para-hydroxylation sites is 1. The molecule has 2 N–H and O–H groups in total. The minimum atomic E-state index is 0.538. The standard InChI is InChI=1S/C20H22N8/c1-21-20(23-14-19-26-25-18-9-5-6-12-27(18)19)22-11-10-16-13-24-28(15-16)17-7-3-2-4-8-17/h2-9,12-13,15H,10-11,14H2,1H3,(H2,21,22,23). The van der Waals surface area contributed by atoms with Crippen LogP contribution < -0.4 is 10.6 Å². The maximum atomic E-state index is 4.43. The summed E-state index contributed by atoms with van der Waals surface area (Å²) < 4.78 is 3.84. The van der Waals surface area contributed by atoms with Gasteiger partial charge < -0.3 is 10.6 Å². The van der Waals surface area contributed by atoms with Crippen LogP contribution in [0.2, 0.25) is 0 Å². The van der Waals surface area contributed by atoms with Crippen LogP contribution in [0.1, 0.15) is 11.4 Å². The molecule has 0 amide bonds. The van der Waals surface area contributed by atoms with Gasteiger partial charge in [-0.05, 0) is 36.2 Å². The van der Waals surface area contributed by atoms with Crippen molar-refractivity contribution in [3.05, 3.63) is 78.5 Å². The van der Waals surface area contributed by atoms with Crippen LogP contribution in [-0.4, -0.2) is 43.9 Å². The lowest BCUT2D eigenvalue weighted by Crippen LogP contribution is -2.38. The van der Waals surface area contributed by atoms with Gasteiger partial charge in [0.25, 0.3) is 0 Å². The predicted octanol–water partition coefficient (Wildman–Crippen LogP) is 1.82. The fourth-order valence-corrected chi connectivity index (χ4v) is 2.93. The van der Waals surface area contributed by atoms with E-state index in [0.29, 0.717) is 6.54 Å². The second-order valence-corrected chi connectivity index (χ2v) is 6.28. The summed E-state index contributed by atoms with van der Waals surface area (Å²) in [5.41, 5.74) is 3.05. The second-order valence-electron chi connectivity index (χ2n) is 6.28. The molecule has 0 aliphatic rings. The Bertz CT molecular complexity index is 1060. The predicted molar refractivity (Wildman–Crippen MR) is 108 cm³/mol. The zero-order valence-corrected chi connectivity index (χ0v) is 15.7. The third-order valence-corrected chi connectivity index (χ3v) is 4.38. The number of nitrogens with one attached hydrogen (secondary N) is 2. The number of hydrogen-bond donors (Lipinski definition) is 2. The molecule has 0 aliphatic heterocycles. The molecular formula is C20H22N8. The highest BCUT2D eigenvalue weighted by Gasteiger charge is 2.06. The summed E-state index contributed by atoms with van der Waals surface area (Å²) in [5, 5.41) is 19.4. The Labute approximate surface area is 162 Å². The van der Waals surface area contributed by atoms with Crippen molar-refractivity contribution in [2.45, 2.75) is 13.0 Å². The molecule has 4 rings (SSSR count). The Kier molecular flexibility index (Phi) is 5.28. The van der Waals surface area contributed by atoms with Gasteiger partial charge in [0.2, 0.25) is 0 Å². The first-order chi connectivity index (χ1) is 13.8. The van der Waals surface area contributed by atoms with Crippen LogP contribution in [-0.2, 0) is 13.0 Å². The first-order valence-corrected chi connectivity index (χ1v) is 9.15. The maximum Gasteiger partial charge on any atom is 0.191 e. The van der Waals surface area contributed by atoms with Crippen molar-refractivity contribution in [2.24, 2.45) is 4.99 Å². The number of aliphatic imine (C=N–C) groups is 1. The van der Waals surface area contributed by atoms with E-state index < -0.39 is 0 Å². The highest BCUT2D eigenvalue weighted by atomic mass is 15.3. The molecule has 142 valence electrons. The zero-order chi connectivity index (χ0) is 19.2. The molecule has 0 spiro atoms. The molecule has 0 atom stereocenters. The SMILES string of the molecule is CN=C(NCCc1cnn(-c2ccccc2)c1)NCc1nnc2ccccn12. The van der Waals surface area contributed by atoms with E-state index in [-0.39, 0.29) is 0 Å². The minimum absolute atomic E-state index is 0.538. The third-order valence-electron chi connectivity index (χ3n) is 4.38. The number of benzene rings is 1. The molecule has 0 saturated carbocycles. The van der Waals surface area contributed by atoms with Crippen LogP contribution >= 0.6 is 0 Å². The van der Waals surface area contributed by atoms with Gasteiger partial charge in [-0.25, -0.2) is 4.68 Å². The van der Waals surface area contributed by atoms with Crippen molar-refractivity contribution >= 4 is 11.6 Å². The number of guanidine groups is 1. The summed E-state index contributed by atoms with van der Waals surface area (Å²) in [7, 11) is 1.75. The molecule has 0 unspecified atom stereocenters. The minimum Gasteiger partial charge on any atom is -0.356 e. The Morgan fingerprint density at radius 2 is 1.89 bits per heavy atom. The van der Waals surface area contributed by atoms with Crippen LogP contribution in [0, 0.1) is 0 Å². The van der Waals surface area contributed by atoms with E-state index in [1.54, 1.807) is 7.05 Å². The summed E-state index contributed by atoms with van der Waals surface area (Å²) in [6.07, 6.45) is 6.75. The van der Waals surface area contributed by atoms with Crippen molar-refractivity contribution in [2.75, 3.05) is 13.6 Å². The van der Waals surface area contributed by atoms with Gasteiger partial charge in [0.15, 0.2) is 17.4 Å². The number of fused-ring (bicyclic) bond motifs is 1. The molecule has 0 aliphatic carbocycles. The van der Waals surface area contributed by atoms with Crippen LogP contribution in [0.15, 0.2) is 72.1 Å². The molecule has 0 saturated heterocycles. The van der Waals surface area contributed by atoms with Gasteiger partial charge in [-0.1, -0.05) is 24.3 Å². The Morgan fingerprint density at radius 1 is 1.04 bits per heavy atom. The fourth-order valence-electron chi connectivity index (χ4n) is 2.93. The summed E-state index contributed by atoms with van der Waals surface area (Å²) in [6.45, 7) is 1.29. The Hall–Kier alpha value is -3.68. The van der Waals surface area contributed by atoms with Gasteiger partial charge >= 0.3 is 0 Å². The van der Waals surface area contributed by atoms with Crippen molar-refractivity contribution in [1.82, 2.24) is 35.0 Å². The van der Waals surface area contributed by atoms with Gasteiger partial charge in [0, 0.05) is 26.0 Å². The van der Waals surface area contributed by atoms with Crippen LogP contribution in [0.4, 0.5) is 0 Å². The Balaban J connectivity index is 1.29. The number of rotatable bonds is 6. The first kappa shape index (κ1) is 17.7. The molecule has 8 heteroatoms. The van der Waals surface area contributed by atoms with E-state index in [2.05, 4.69) is 37.1 Å².